The molecule has 1 aromatic carbocycles. The maximum absolute atomic E-state index is 10.7. The minimum absolute atomic E-state index is 0.0341. The number of hydrogen-bond donors (Lipinski definition) is 3. The summed E-state index contributed by atoms with van der Waals surface area (Å²) >= 11 is 0. The van der Waals surface area contributed by atoms with Crippen molar-refractivity contribution in [1.29, 1.82) is 0 Å². The summed E-state index contributed by atoms with van der Waals surface area (Å²) in [7, 11) is 0. The number of nitrogens with zero attached hydrogens (tertiary/aromatic N) is 5. The maximum atomic E-state index is 10.7. The standard InChI is InChI=1S/C17H18N6O5/c24-7-13-12(25)5-14(28-13)22-9-21-15-16(19-8-20-17(15)22)18-6-10-1-3-11(4-2-10)23(26)27/h1-4,8-9,12-14,24-25H,5-7H2,(H,18,19,20). The van der Waals surface area contributed by atoms with Gasteiger partial charge in [-0.2, -0.15) is 0 Å². The van der Waals surface area contributed by atoms with E-state index in [9.17, 15) is 20.3 Å². The van der Waals surface area contributed by atoms with Gasteiger partial charge in [-0.25, -0.2) is 15.0 Å². The van der Waals surface area contributed by atoms with Gasteiger partial charge in [0.25, 0.3) is 5.69 Å². The van der Waals surface area contributed by atoms with E-state index in [-0.39, 0.29) is 12.3 Å². The largest absolute Gasteiger partial charge is 0.394 e. The van der Waals surface area contributed by atoms with Crippen LogP contribution in [0.3, 0.4) is 0 Å². The molecule has 0 amide bonds. The number of non-ortho nitro benzene ring substituents is 1. The van der Waals surface area contributed by atoms with E-state index in [1.807, 2.05) is 0 Å². The summed E-state index contributed by atoms with van der Waals surface area (Å²) in [4.78, 5) is 23.1. The van der Waals surface area contributed by atoms with Gasteiger partial charge in [-0.05, 0) is 5.56 Å². The molecule has 3 atom stereocenters. The first-order valence-electron chi connectivity index (χ1n) is 8.66. The molecule has 3 N–H and O–H groups in total. The molecule has 0 radical (unpaired) electrons. The predicted octanol–water partition coefficient (Wildman–Crippen LogP) is 0.987. The lowest BCUT2D eigenvalue weighted by atomic mass is 10.2. The Kier molecular flexibility index (Phi) is 4.86. The molecule has 3 heterocycles. The van der Waals surface area contributed by atoms with Crippen LogP contribution in [0, 0.1) is 10.1 Å². The lowest BCUT2D eigenvalue weighted by Gasteiger charge is -2.13. The summed E-state index contributed by atoms with van der Waals surface area (Å²) in [5.74, 6) is 0.513. The number of anilines is 1. The van der Waals surface area contributed by atoms with Crippen LogP contribution in [0.4, 0.5) is 11.5 Å². The third-order valence-corrected chi connectivity index (χ3v) is 4.66. The predicted molar refractivity (Wildman–Crippen MR) is 97.4 cm³/mol. The fourth-order valence-electron chi connectivity index (χ4n) is 3.16. The zero-order valence-electron chi connectivity index (χ0n) is 14.7. The molecule has 1 fully saturated rings. The van der Waals surface area contributed by atoms with Crippen molar-refractivity contribution in [2.45, 2.75) is 31.4 Å². The molecule has 1 aliphatic heterocycles. The second-order valence-electron chi connectivity index (χ2n) is 6.44. The lowest BCUT2D eigenvalue weighted by Crippen LogP contribution is -2.24. The fourth-order valence-corrected chi connectivity index (χ4v) is 3.16. The van der Waals surface area contributed by atoms with Crippen molar-refractivity contribution >= 4 is 22.7 Å². The van der Waals surface area contributed by atoms with Gasteiger partial charge in [0.15, 0.2) is 17.0 Å². The monoisotopic (exact) mass is 386 g/mol. The number of ether oxygens (including phenoxy) is 1. The molecule has 0 aliphatic carbocycles. The summed E-state index contributed by atoms with van der Waals surface area (Å²) in [6.45, 7) is 0.142. The van der Waals surface area contributed by atoms with Gasteiger partial charge in [0, 0.05) is 25.1 Å². The van der Waals surface area contributed by atoms with Crippen molar-refractivity contribution in [3.63, 3.8) is 0 Å². The Bertz CT molecular complexity index is 991. The molecule has 1 aliphatic rings. The molecule has 11 nitrogen and oxygen atoms in total. The number of imidazole rings is 1. The molecular formula is C17H18N6O5. The van der Waals surface area contributed by atoms with Gasteiger partial charge in [-0.15, -0.1) is 0 Å². The van der Waals surface area contributed by atoms with Crippen molar-refractivity contribution in [3.8, 4) is 0 Å². The van der Waals surface area contributed by atoms with E-state index in [1.165, 1.54) is 18.5 Å². The first kappa shape index (κ1) is 18.2. The molecule has 4 rings (SSSR count). The Balaban J connectivity index is 1.53. The number of hydrogen-bond acceptors (Lipinski definition) is 9. The first-order chi connectivity index (χ1) is 13.6. The van der Waals surface area contributed by atoms with Gasteiger partial charge in [0.2, 0.25) is 0 Å². The van der Waals surface area contributed by atoms with Gasteiger partial charge in [-0.3, -0.25) is 14.7 Å². The van der Waals surface area contributed by atoms with E-state index in [2.05, 4.69) is 20.3 Å². The Labute approximate surface area is 158 Å². The number of nitro benzene ring substituents is 1. The second kappa shape index (κ2) is 7.46. The quantitative estimate of drug-likeness (QED) is 0.416. The molecule has 28 heavy (non-hydrogen) atoms. The molecular weight excluding hydrogens is 368 g/mol. The molecule has 1 saturated heterocycles. The van der Waals surface area contributed by atoms with E-state index in [0.29, 0.717) is 29.9 Å². The molecule has 0 bridgehead atoms. The van der Waals surface area contributed by atoms with E-state index in [1.54, 1.807) is 23.0 Å². The van der Waals surface area contributed by atoms with Gasteiger partial charge < -0.3 is 20.3 Å². The molecule has 0 spiro atoms. The summed E-state index contributed by atoms with van der Waals surface area (Å²) in [5, 5.41) is 33.1. The number of rotatable bonds is 6. The van der Waals surface area contributed by atoms with Crippen LogP contribution in [0.25, 0.3) is 11.2 Å². The molecule has 3 unspecified atom stereocenters. The van der Waals surface area contributed by atoms with Crippen LogP contribution in [0.2, 0.25) is 0 Å². The Morgan fingerprint density at radius 1 is 1.29 bits per heavy atom. The molecule has 11 heteroatoms. The normalized spacial score (nSPS) is 21.9. The van der Waals surface area contributed by atoms with Crippen molar-refractivity contribution in [2.24, 2.45) is 0 Å². The summed E-state index contributed by atoms with van der Waals surface area (Å²) in [5.41, 5.74) is 1.96. The highest BCUT2D eigenvalue weighted by Crippen LogP contribution is 2.31. The smallest absolute Gasteiger partial charge is 0.269 e. The zero-order chi connectivity index (χ0) is 19.7. The fraction of sp³-hybridized carbons (Fsp3) is 0.353. The van der Waals surface area contributed by atoms with Crippen LogP contribution >= 0.6 is 0 Å². The second-order valence-corrected chi connectivity index (χ2v) is 6.44. The van der Waals surface area contributed by atoms with E-state index < -0.39 is 23.4 Å². The number of aliphatic hydroxyl groups is 2. The number of fused-ring (bicyclic) bond motifs is 1. The average molecular weight is 386 g/mol. The van der Waals surface area contributed by atoms with Crippen molar-refractivity contribution < 1.29 is 19.9 Å². The van der Waals surface area contributed by atoms with Crippen LogP contribution in [0.15, 0.2) is 36.9 Å². The van der Waals surface area contributed by atoms with Crippen molar-refractivity contribution in [1.82, 2.24) is 19.5 Å². The zero-order valence-corrected chi connectivity index (χ0v) is 14.7. The first-order valence-corrected chi connectivity index (χ1v) is 8.66. The number of aromatic nitrogens is 4. The molecule has 146 valence electrons. The average Bonchev–Trinajstić information content (AvgIpc) is 3.30. The minimum Gasteiger partial charge on any atom is -0.394 e. The van der Waals surface area contributed by atoms with E-state index in [4.69, 9.17) is 4.74 Å². The van der Waals surface area contributed by atoms with Gasteiger partial charge in [-0.1, -0.05) is 12.1 Å². The molecule has 3 aromatic rings. The van der Waals surface area contributed by atoms with Crippen LogP contribution in [0.5, 0.6) is 0 Å². The third-order valence-electron chi connectivity index (χ3n) is 4.66. The topological polar surface area (TPSA) is 148 Å². The molecule has 0 saturated carbocycles. The SMILES string of the molecule is O=[N+]([O-])c1ccc(CNc2ncnc3c2ncn3C2CC(O)C(CO)O2)cc1. The summed E-state index contributed by atoms with van der Waals surface area (Å²) in [6.07, 6.45) is 1.42. The van der Waals surface area contributed by atoms with E-state index in [0.717, 1.165) is 5.56 Å². The Morgan fingerprint density at radius 3 is 2.75 bits per heavy atom. The molecule has 2 aromatic heterocycles. The lowest BCUT2D eigenvalue weighted by molar-refractivity contribution is -0.384. The van der Waals surface area contributed by atoms with Crippen LogP contribution in [0.1, 0.15) is 18.2 Å². The van der Waals surface area contributed by atoms with Gasteiger partial charge in [0.1, 0.15) is 18.7 Å². The van der Waals surface area contributed by atoms with E-state index >= 15 is 0 Å². The highest BCUT2D eigenvalue weighted by atomic mass is 16.6. The van der Waals surface area contributed by atoms with Crippen LogP contribution in [-0.4, -0.2) is 53.5 Å². The number of benzene rings is 1. The highest BCUT2D eigenvalue weighted by Gasteiger charge is 2.35. The summed E-state index contributed by atoms with van der Waals surface area (Å²) < 4.78 is 7.36. The number of aliphatic hydroxyl groups excluding tert-OH is 2. The Morgan fingerprint density at radius 2 is 2.07 bits per heavy atom. The summed E-state index contributed by atoms with van der Waals surface area (Å²) in [6, 6.07) is 6.24. The van der Waals surface area contributed by atoms with Crippen LogP contribution < -0.4 is 5.32 Å². The van der Waals surface area contributed by atoms with Gasteiger partial charge >= 0.3 is 0 Å². The Hall–Kier alpha value is -3.15. The number of nitrogens with one attached hydrogen (secondary N) is 1. The van der Waals surface area contributed by atoms with Gasteiger partial charge in [0.05, 0.1) is 24.0 Å². The maximum Gasteiger partial charge on any atom is 0.269 e. The van der Waals surface area contributed by atoms with Crippen molar-refractivity contribution in [2.75, 3.05) is 11.9 Å². The number of nitro groups is 1. The minimum atomic E-state index is -0.756. The highest BCUT2D eigenvalue weighted by molar-refractivity contribution is 5.82. The third kappa shape index (κ3) is 3.38. The van der Waals surface area contributed by atoms with Crippen LogP contribution in [-0.2, 0) is 11.3 Å². The van der Waals surface area contributed by atoms with Crippen molar-refractivity contribution in [3.05, 3.63) is 52.6 Å².